The van der Waals surface area contributed by atoms with Crippen LogP contribution in [0.1, 0.15) is 27.2 Å². The fourth-order valence-electron chi connectivity index (χ4n) is 2.68. The van der Waals surface area contributed by atoms with Gasteiger partial charge in [0.1, 0.15) is 24.2 Å². The molecule has 2 amide bonds. The van der Waals surface area contributed by atoms with Gasteiger partial charge in [0.15, 0.2) is 6.23 Å². The highest BCUT2D eigenvalue weighted by Crippen LogP contribution is 2.29. The van der Waals surface area contributed by atoms with Gasteiger partial charge < -0.3 is 20.1 Å². The van der Waals surface area contributed by atoms with Crippen LogP contribution in [0.4, 0.5) is 4.79 Å². The van der Waals surface area contributed by atoms with Gasteiger partial charge in [-0.25, -0.2) is 4.79 Å². The lowest BCUT2D eigenvalue weighted by atomic mass is 10.0. The molecule has 2 fully saturated rings. The van der Waals surface area contributed by atoms with Crippen molar-refractivity contribution in [2.24, 2.45) is 0 Å². The zero-order chi connectivity index (χ0) is 17.5. The number of hydrogen-bond donors (Lipinski definition) is 5. The van der Waals surface area contributed by atoms with Gasteiger partial charge in [0.05, 0.1) is 12.7 Å². The second kappa shape index (κ2) is 6.30. The smallest absolute Gasteiger partial charge is 0.326 e. The van der Waals surface area contributed by atoms with Crippen LogP contribution in [0.3, 0.4) is 0 Å². The number of nitrogens with zero attached hydrogens (tertiary/aromatic N) is 2. The second-order valence-electron chi connectivity index (χ2n) is 6.72. The fourth-order valence-corrected chi connectivity index (χ4v) is 2.68. The van der Waals surface area contributed by atoms with E-state index in [1.54, 1.807) is 20.8 Å². The third-order valence-corrected chi connectivity index (χ3v) is 3.95. The molecule has 23 heavy (non-hydrogen) atoms. The summed E-state index contributed by atoms with van der Waals surface area (Å²) < 4.78 is 5.37. The van der Waals surface area contributed by atoms with Gasteiger partial charge in [-0.05, 0) is 20.8 Å². The number of carbonyl (C=O) groups excluding carboxylic acids is 1. The van der Waals surface area contributed by atoms with Crippen LogP contribution in [0.15, 0.2) is 0 Å². The van der Waals surface area contributed by atoms with Crippen LogP contribution in [-0.4, -0.2) is 80.0 Å². The maximum atomic E-state index is 12.4. The largest absolute Gasteiger partial charge is 0.394 e. The van der Waals surface area contributed by atoms with Gasteiger partial charge >= 0.3 is 6.03 Å². The number of carbonyl (C=O) groups is 1. The molecule has 2 aliphatic heterocycles. The third-order valence-electron chi connectivity index (χ3n) is 3.95. The summed E-state index contributed by atoms with van der Waals surface area (Å²) >= 11 is 0. The average Bonchev–Trinajstić information content (AvgIpc) is 2.77. The summed E-state index contributed by atoms with van der Waals surface area (Å²) in [7, 11) is 0. The number of aliphatic hydroxyl groups is 3. The van der Waals surface area contributed by atoms with Gasteiger partial charge in [-0.3, -0.25) is 15.6 Å². The fraction of sp³-hybridized carbons (Fsp3) is 0.846. The molecule has 0 aromatic heterocycles. The number of aliphatic hydroxyl groups excluding tert-OH is 3. The molecule has 2 aliphatic rings. The molecular weight excluding hydrogens is 308 g/mol. The van der Waals surface area contributed by atoms with E-state index in [2.05, 4.69) is 5.32 Å². The number of ether oxygens (including phenoxy) is 1. The summed E-state index contributed by atoms with van der Waals surface area (Å²) in [5.74, 6) is -0.402. The van der Waals surface area contributed by atoms with E-state index in [0.717, 1.165) is 4.90 Å². The number of hydrogen-bond acceptors (Lipinski definition) is 7. The molecule has 10 heteroatoms. The maximum Gasteiger partial charge on any atom is 0.326 e. The molecule has 0 aromatic rings. The number of rotatable bonds is 3. The summed E-state index contributed by atoms with van der Waals surface area (Å²) in [6.45, 7) is 4.44. The van der Waals surface area contributed by atoms with Crippen LogP contribution in [0, 0.1) is 5.41 Å². The Morgan fingerprint density at radius 1 is 1.43 bits per heavy atom. The number of urea groups is 1. The minimum Gasteiger partial charge on any atom is -0.394 e. The van der Waals surface area contributed by atoms with Crippen molar-refractivity contribution in [3.63, 3.8) is 0 Å². The van der Waals surface area contributed by atoms with Crippen LogP contribution < -0.4 is 5.32 Å². The Labute approximate surface area is 133 Å². The van der Waals surface area contributed by atoms with Gasteiger partial charge in [-0.2, -0.15) is 0 Å². The van der Waals surface area contributed by atoms with Crippen LogP contribution in [0.25, 0.3) is 0 Å². The highest BCUT2D eigenvalue weighted by Gasteiger charge is 2.50. The molecule has 0 aliphatic carbocycles. The zero-order valence-corrected chi connectivity index (χ0v) is 13.3. The molecular formula is C13H23N4O6. The summed E-state index contributed by atoms with van der Waals surface area (Å²) in [6, 6.07) is -2.10. The predicted molar refractivity (Wildman–Crippen MR) is 76.5 cm³/mol. The quantitative estimate of drug-likeness (QED) is 0.401. The van der Waals surface area contributed by atoms with Crippen molar-refractivity contribution >= 4 is 11.9 Å². The first-order valence-corrected chi connectivity index (χ1v) is 7.34. The van der Waals surface area contributed by atoms with E-state index in [-0.39, 0.29) is 6.42 Å². The molecule has 0 bridgehead atoms. The van der Waals surface area contributed by atoms with Crippen LogP contribution >= 0.6 is 0 Å². The van der Waals surface area contributed by atoms with Crippen molar-refractivity contribution in [2.75, 3.05) is 6.61 Å². The van der Waals surface area contributed by atoms with Crippen LogP contribution in [0.5, 0.6) is 0 Å². The number of nitrogens with one attached hydrogen (secondary N) is 2. The highest BCUT2D eigenvalue weighted by molar-refractivity contribution is 6.01. The Morgan fingerprint density at radius 3 is 2.52 bits per heavy atom. The van der Waals surface area contributed by atoms with Crippen molar-refractivity contribution in [1.82, 2.24) is 15.3 Å². The number of amidine groups is 1. The van der Waals surface area contributed by atoms with Crippen LogP contribution in [0.2, 0.25) is 0 Å². The molecule has 2 rings (SSSR count). The minimum absolute atomic E-state index is 0.00979. The molecule has 5 atom stereocenters. The maximum absolute atomic E-state index is 12.4. The van der Waals surface area contributed by atoms with Gasteiger partial charge in [-0.1, -0.05) is 0 Å². The summed E-state index contributed by atoms with van der Waals surface area (Å²) in [5.41, 5.74) is -0.893. The highest BCUT2D eigenvalue weighted by atomic mass is 16.6. The Morgan fingerprint density at radius 2 is 2.04 bits per heavy atom. The van der Waals surface area contributed by atoms with Crippen molar-refractivity contribution < 1.29 is 30.1 Å². The Hall–Kier alpha value is -1.30. The van der Waals surface area contributed by atoms with Gasteiger partial charge in [0, 0.05) is 12.0 Å². The monoisotopic (exact) mass is 331 g/mol. The van der Waals surface area contributed by atoms with Gasteiger partial charge in [0.25, 0.3) is 0 Å². The Balaban J connectivity index is 2.23. The average molecular weight is 331 g/mol. The van der Waals surface area contributed by atoms with Crippen molar-refractivity contribution in [3.05, 3.63) is 0 Å². The van der Waals surface area contributed by atoms with Crippen LogP contribution in [-0.2, 0) is 9.94 Å². The molecule has 10 nitrogen and oxygen atoms in total. The Kier molecular flexibility index (Phi) is 4.95. The first-order valence-electron chi connectivity index (χ1n) is 7.34. The van der Waals surface area contributed by atoms with Crippen molar-refractivity contribution in [1.29, 1.82) is 5.41 Å². The second-order valence-corrected chi connectivity index (χ2v) is 6.72. The van der Waals surface area contributed by atoms with E-state index >= 15 is 0 Å². The molecule has 0 saturated carbocycles. The first kappa shape index (κ1) is 18.0. The van der Waals surface area contributed by atoms with E-state index < -0.39 is 54.7 Å². The molecule has 0 spiro atoms. The normalized spacial score (nSPS) is 35.8. The van der Waals surface area contributed by atoms with E-state index in [9.17, 15) is 20.2 Å². The molecule has 131 valence electrons. The lowest BCUT2D eigenvalue weighted by Gasteiger charge is -2.45. The minimum atomic E-state index is -1.61. The molecule has 2 saturated heterocycles. The topological polar surface area (TPSA) is 149 Å². The number of hydroxylamine groups is 2. The van der Waals surface area contributed by atoms with Crippen molar-refractivity contribution in [3.8, 4) is 0 Å². The molecule has 2 heterocycles. The van der Waals surface area contributed by atoms with E-state index in [0.29, 0.717) is 5.06 Å². The lowest BCUT2D eigenvalue weighted by Crippen LogP contribution is -2.70. The van der Waals surface area contributed by atoms with E-state index in [1.807, 2.05) is 0 Å². The van der Waals surface area contributed by atoms with Gasteiger partial charge in [0.2, 0.25) is 0 Å². The lowest BCUT2D eigenvalue weighted by molar-refractivity contribution is -0.258. The summed E-state index contributed by atoms with van der Waals surface area (Å²) in [5, 5.41) is 52.3. The number of amides is 2. The Bertz CT molecular complexity index is 482. The standard InChI is InChI=1S/C13H23N4O6/c1-13(2,3)17(22)9-10(14)15-12(21)16(11(9)20)8-4-6(19)7(5-18)23-8/h6-9,11,18-20H,4-5H2,1-3H3,(H2,14,15,21)/t6-,7+,8+,9?,11?/m0/s1. The van der Waals surface area contributed by atoms with E-state index in [1.165, 1.54) is 0 Å². The van der Waals surface area contributed by atoms with Gasteiger partial charge in [-0.15, -0.1) is 10.3 Å². The SMILES string of the molecule is CC(C)(C)N([O])C1C(=N)NC(=O)N([C@H]2C[C@H](O)[C@@H](CO)O2)C1O. The molecule has 5 N–H and O–H groups in total. The predicted octanol–water partition coefficient (Wildman–Crippen LogP) is -1.41. The molecule has 2 unspecified atom stereocenters. The molecule has 0 aromatic carbocycles. The van der Waals surface area contributed by atoms with Crippen molar-refractivity contribution in [2.45, 2.75) is 63.4 Å². The summed E-state index contributed by atoms with van der Waals surface area (Å²) in [6.07, 6.45) is -4.48. The zero-order valence-electron chi connectivity index (χ0n) is 13.3. The van der Waals surface area contributed by atoms with E-state index in [4.69, 9.17) is 15.3 Å². The summed E-state index contributed by atoms with van der Waals surface area (Å²) in [4.78, 5) is 13.0. The first-order chi connectivity index (χ1) is 10.6. The third kappa shape index (κ3) is 3.32. The molecule has 1 radical (unpaired) electrons.